The predicted octanol–water partition coefficient (Wildman–Crippen LogP) is 2.80. The Morgan fingerprint density at radius 1 is 0.840 bits per heavy atom. The molecule has 1 aromatic carbocycles. The standard InChI is InChI=1S/C18H26N4O.2ClH/c1-13-2-3-16-17(12-13)22(15-6-10-20-11-7-15)18(23)21(16)14-4-8-19-9-5-14;;/h2-3,12,14-15,19-20H,4-11H2,1H3;2*1H. The smallest absolute Gasteiger partial charge is 0.317 e. The van der Waals surface area contributed by atoms with E-state index < -0.39 is 0 Å². The number of aromatic nitrogens is 2. The van der Waals surface area contributed by atoms with Crippen molar-refractivity contribution >= 4 is 35.8 Å². The largest absolute Gasteiger partial charge is 0.329 e. The number of hydrogen-bond donors (Lipinski definition) is 2. The molecule has 2 N–H and O–H groups in total. The van der Waals surface area contributed by atoms with Crippen molar-refractivity contribution in [3.05, 3.63) is 34.2 Å². The average Bonchev–Trinajstić information content (AvgIpc) is 2.87. The highest BCUT2D eigenvalue weighted by atomic mass is 35.5. The molecule has 3 heterocycles. The second-order valence-electron chi connectivity index (χ2n) is 6.98. The number of aryl methyl sites for hydroxylation is 1. The first-order chi connectivity index (χ1) is 11.3. The molecule has 0 spiro atoms. The molecule has 4 rings (SSSR count). The van der Waals surface area contributed by atoms with Gasteiger partial charge in [0.1, 0.15) is 0 Å². The molecule has 1 aromatic heterocycles. The van der Waals surface area contributed by atoms with Crippen LogP contribution in [0.3, 0.4) is 0 Å². The maximum Gasteiger partial charge on any atom is 0.329 e. The maximum absolute atomic E-state index is 13.3. The predicted molar refractivity (Wildman–Crippen MR) is 108 cm³/mol. The van der Waals surface area contributed by atoms with Crippen molar-refractivity contribution in [3.63, 3.8) is 0 Å². The first kappa shape index (κ1) is 20.3. The van der Waals surface area contributed by atoms with Crippen molar-refractivity contribution in [1.82, 2.24) is 19.8 Å². The number of benzene rings is 1. The summed E-state index contributed by atoms with van der Waals surface area (Å²) in [6.45, 7) is 6.12. The summed E-state index contributed by atoms with van der Waals surface area (Å²) in [6, 6.07) is 7.13. The summed E-state index contributed by atoms with van der Waals surface area (Å²) in [6.07, 6.45) is 4.16. The van der Waals surface area contributed by atoms with Gasteiger partial charge < -0.3 is 10.6 Å². The van der Waals surface area contributed by atoms with Gasteiger partial charge >= 0.3 is 5.69 Å². The van der Waals surface area contributed by atoms with Gasteiger partial charge in [0.15, 0.2) is 0 Å². The zero-order valence-corrected chi connectivity index (χ0v) is 16.3. The minimum atomic E-state index is 0. The number of fused-ring (bicyclic) bond motifs is 1. The lowest BCUT2D eigenvalue weighted by Crippen LogP contribution is -2.38. The summed E-state index contributed by atoms with van der Waals surface area (Å²) in [5, 5.41) is 6.80. The summed E-state index contributed by atoms with van der Waals surface area (Å²) in [5.74, 6) is 0. The van der Waals surface area contributed by atoms with Gasteiger partial charge in [-0.15, -0.1) is 24.8 Å². The van der Waals surface area contributed by atoms with Gasteiger partial charge in [-0.1, -0.05) is 6.07 Å². The fraction of sp³-hybridized carbons (Fsp3) is 0.611. The molecule has 0 saturated carbocycles. The average molecular weight is 387 g/mol. The molecular formula is C18H28Cl2N4O. The highest BCUT2D eigenvalue weighted by molar-refractivity contribution is 5.85. The third kappa shape index (κ3) is 3.75. The Morgan fingerprint density at radius 2 is 1.32 bits per heavy atom. The molecule has 0 amide bonds. The van der Waals surface area contributed by atoms with Crippen LogP contribution in [-0.4, -0.2) is 35.3 Å². The molecular weight excluding hydrogens is 359 g/mol. The minimum absolute atomic E-state index is 0. The summed E-state index contributed by atoms with van der Waals surface area (Å²) in [4.78, 5) is 13.3. The van der Waals surface area contributed by atoms with E-state index in [4.69, 9.17) is 0 Å². The van der Waals surface area contributed by atoms with E-state index in [0.717, 1.165) is 62.9 Å². The van der Waals surface area contributed by atoms with E-state index in [1.807, 2.05) is 0 Å². The molecule has 0 aliphatic carbocycles. The van der Waals surface area contributed by atoms with Crippen LogP contribution in [0.2, 0.25) is 0 Å². The highest BCUT2D eigenvalue weighted by Gasteiger charge is 2.26. The minimum Gasteiger partial charge on any atom is -0.317 e. The molecule has 0 unspecified atom stereocenters. The van der Waals surface area contributed by atoms with Crippen LogP contribution in [0.25, 0.3) is 11.0 Å². The third-order valence-electron chi connectivity index (χ3n) is 5.41. The SMILES string of the molecule is Cc1ccc2c(c1)n(C1CCNCC1)c(=O)n2C1CCNCC1.Cl.Cl. The Bertz CT molecular complexity index is 758. The topological polar surface area (TPSA) is 51.0 Å². The van der Waals surface area contributed by atoms with E-state index >= 15 is 0 Å². The van der Waals surface area contributed by atoms with Crippen LogP contribution >= 0.6 is 24.8 Å². The second kappa shape index (κ2) is 8.58. The van der Waals surface area contributed by atoms with E-state index in [-0.39, 0.29) is 30.5 Å². The van der Waals surface area contributed by atoms with E-state index in [1.165, 1.54) is 5.56 Å². The van der Waals surface area contributed by atoms with Gasteiger partial charge in [0.2, 0.25) is 0 Å². The van der Waals surface area contributed by atoms with E-state index in [9.17, 15) is 4.79 Å². The first-order valence-corrected chi connectivity index (χ1v) is 8.90. The number of nitrogens with zero attached hydrogens (tertiary/aromatic N) is 2. The van der Waals surface area contributed by atoms with Gasteiger partial charge in [-0.25, -0.2) is 4.79 Å². The molecule has 0 bridgehead atoms. The van der Waals surface area contributed by atoms with Gasteiger partial charge in [-0.2, -0.15) is 0 Å². The zero-order valence-electron chi connectivity index (χ0n) is 14.7. The molecule has 7 heteroatoms. The number of rotatable bonds is 2. The van der Waals surface area contributed by atoms with Gasteiger partial charge in [-0.3, -0.25) is 9.13 Å². The van der Waals surface area contributed by atoms with Crippen molar-refractivity contribution in [3.8, 4) is 0 Å². The monoisotopic (exact) mass is 386 g/mol. The molecule has 25 heavy (non-hydrogen) atoms. The normalized spacial score (nSPS) is 19.4. The molecule has 2 fully saturated rings. The van der Waals surface area contributed by atoms with Crippen molar-refractivity contribution in [1.29, 1.82) is 0 Å². The molecule has 0 atom stereocenters. The van der Waals surface area contributed by atoms with Crippen molar-refractivity contribution in [2.45, 2.75) is 44.7 Å². The van der Waals surface area contributed by atoms with Gasteiger partial charge in [0.25, 0.3) is 0 Å². The van der Waals surface area contributed by atoms with E-state index in [0.29, 0.717) is 12.1 Å². The van der Waals surface area contributed by atoms with Crippen molar-refractivity contribution < 1.29 is 0 Å². The Balaban J connectivity index is 0.00000113. The lowest BCUT2D eigenvalue weighted by Gasteiger charge is -2.25. The first-order valence-electron chi connectivity index (χ1n) is 8.90. The van der Waals surface area contributed by atoms with Crippen LogP contribution in [0, 0.1) is 6.92 Å². The van der Waals surface area contributed by atoms with Gasteiger partial charge in [-0.05, 0) is 76.5 Å². The summed E-state index contributed by atoms with van der Waals surface area (Å²) in [5.41, 5.74) is 3.67. The molecule has 2 saturated heterocycles. The van der Waals surface area contributed by atoms with Crippen LogP contribution in [0.1, 0.15) is 43.3 Å². The number of halogens is 2. The van der Waals surface area contributed by atoms with Crippen LogP contribution in [0.5, 0.6) is 0 Å². The Morgan fingerprint density at radius 3 is 1.84 bits per heavy atom. The number of piperidine rings is 2. The van der Waals surface area contributed by atoms with Gasteiger partial charge in [0.05, 0.1) is 11.0 Å². The number of hydrogen-bond acceptors (Lipinski definition) is 3. The summed E-state index contributed by atoms with van der Waals surface area (Å²) < 4.78 is 4.17. The zero-order chi connectivity index (χ0) is 15.8. The molecule has 0 radical (unpaired) electrons. The molecule has 2 aromatic rings. The van der Waals surface area contributed by atoms with Gasteiger partial charge in [0, 0.05) is 12.1 Å². The van der Waals surface area contributed by atoms with E-state index in [2.05, 4.69) is 44.9 Å². The molecule has 5 nitrogen and oxygen atoms in total. The number of imidazole rings is 1. The fourth-order valence-corrected chi connectivity index (χ4v) is 4.19. The van der Waals surface area contributed by atoms with Crippen LogP contribution in [-0.2, 0) is 0 Å². The quantitative estimate of drug-likeness (QED) is 0.833. The highest BCUT2D eigenvalue weighted by Crippen LogP contribution is 2.28. The molecule has 2 aliphatic rings. The maximum atomic E-state index is 13.3. The summed E-state index contributed by atoms with van der Waals surface area (Å²) >= 11 is 0. The lowest BCUT2D eigenvalue weighted by atomic mass is 10.1. The molecule has 140 valence electrons. The molecule has 2 aliphatic heterocycles. The van der Waals surface area contributed by atoms with Crippen LogP contribution in [0.15, 0.2) is 23.0 Å². The van der Waals surface area contributed by atoms with Crippen molar-refractivity contribution in [2.24, 2.45) is 0 Å². The third-order valence-corrected chi connectivity index (χ3v) is 5.41. The van der Waals surface area contributed by atoms with Crippen molar-refractivity contribution in [2.75, 3.05) is 26.2 Å². The van der Waals surface area contributed by atoms with Crippen LogP contribution < -0.4 is 16.3 Å². The Labute approximate surface area is 161 Å². The Hall–Kier alpha value is -1.01. The fourth-order valence-electron chi connectivity index (χ4n) is 4.19. The Kier molecular flexibility index (Phi) is 6.97. The van der Waals surface area contributed by atoms with E-state index in [1.54, 1.807) is 0 Å². The lowest BCUT2D eigenvalue weighted by molar-refractivity contribution is 0.339. The number of nitrogens with one attached hydrogen (secondary N) is 2. The summed E-state index contributed by atoms with van der Waals surface area (Å²) in [7, 11) is 0. The second-order valence-corrected chi connectivity index (χ2v) is 6.98. The van der Waals surface area contributed by atoms with Crippen LogP contribution in [0.4, 0.5) is 0 Å².